The molecule has 1 aromatic rings. The minimum Gasteiger partial charge on any atom is -0.480 e. The molecule has 1 atom stereocenters. The van der Waals surface area contributed by atoms with Crippen molar-refractivity contribution in [2.75, 3.05) is 11.4 Å². The third-order valence-corrected chi connectivity index (χ3v) is 2.68. The summed E-state index contributed by atoms with van der Waals surface area (Å²) >= 11 is 0. The number of hydrogen-bond donors (Lipinski definition) is 2. The first-order chi connectivity index (χ1) is 8.82. The van der Waals surface area contributed by atoms with E-state index in [1.165, 1.54) is 0 Å². The molecule has 0 bridgehead atoms. The summed E-state index contributed by atoms with van der Waals surface area (Å²) in [6.45, 7) is -0.574. The first kappa shape index (κ1) is 13.1. The van der Waals surface area contributed by atoms with Crippen molar-refractivity contribution in [1.29, 1.82) is 0 Å². The van der Waals surface area contributed by atoms with Gasteiger partial charge in [-0.25, -0.2) is 8.78 Å². The molecule has 0 radical (unpaired) electrons. The minimum absolute atomic E-state index is 0.430. The fraction of sp³-hybridized carbons (Fsp3) is 0.182. The fourth-order valence-electron chi connectivity index (χ4n) is 1.80. The van der Waals surface area contributed by atoms with Gasteiger partial charge < -0.3 is 10.8 Å². The zero-order valence-electron chi connectivity index (χ0n) is 9.39. The van der Waals surface area contributed by atoms with Gasteiger partial charge in [-0.3, -0.25) is 19.3 Å². The van der Waals surface area contributed by atoms with Crippen molar-refractivity contribution in [2.24, 2.45) is 5.73 Å². The van der Waals surface area contributed by atoms with Crippen molar-refractivity contribution in [1.82, 2.24) is 0 Å². The lowest BCUT2D eigenvalue weighted by Gasteiger charge is -2.19. The molecule has 0 spiro atoms. The fourth-order valence-corrected chi connectivity index (χ4v) is 1.80. The van der Waals surface area contributed by atoms with Gasteiger partial charge in [-0.15, -0.1) is 0 Å². The lowest BCUT2D eigenvalue weighted by molar-refractivity contribution is -0.138. The molecule has 19 heavy (non-hydrogen) atoms. The largest absolute Gasteiger partial charge is 0.480 e. The number of amides is 1. The molecular formula is C11H8F2N2O4. The molecule has 0 aliphatic carbocycles. The van der Waals surface area contributed by atoms with E-state index in [9.17, 15) is 23.2 Å². The Kier molecular flexibility index (Phi) is 3.03. The average molecular weight is 270 g/mol. The van der Waals surface area contributed by atoms with Crippen LogP contribution >= 0.6 is 0 Å². The number of carboxylic acids is 1. The summed E-state index contributed by atoms with van der Waals surface area (Å²) in [6, 6.07) is -0.248. The summed E-state index contributed by atoms with van der Waals surface area (Å²) in [5, 5.41) is 8.65. The van der Waals surface area contributed by atoms with E-state index in [4.69, 9.17) is 10.8 Å². The second kappa shape index (κ2) is 4.39. The Labute approximate surface area is 105 Å². The molecule has 0 saturated carbocycles. The molecule has 2 rings (SSSR count). The number of carbonyl (C=O) groups is 3. The smallest absolute Gasteiger partial charge is 0.322 e. The Balaban J connectivity index is 2.47. The molecule has 8 heteroatoms. The lowest BCUT2D eigenvalue weighted by Crippen LogP contribution is -2.45. The predicted molar refractivity (Wildman–Crippen MR) is 58.7 cm³/mol. The second-order valence-corrected chi connectivity index (χ2v) is 3.97. The Morgan fingerprint density at radius 1 is 1.37 bits per heavy atom. The SMILES string of the molecule is NC(CN1C(=O)C(=O)c2cc(F)cc(F)c21)C(=O)O. The number of hydrogen-bond acceptors (Lipinski definition) is 4. The van der Waals surface area contributed by atoms with Gasteiger partial charge in [0, 0.05) is 6.07 Å². The van der Waals surface area contributed by atoms with Gasteiger partial charge in [-0.05, 0) is 6.07 Å². The van der Waals surface area contributed by atoms with E-state index in [2.05, 4.69) is 0 Å². The summed E-state index contributed by atoms with van der Waals surface area (Å²) in [5.41, 5.74) is 4.37. The molecule has 3 N–H and O–H groups in total. The number of Topliss-reactive ketones (excluding diaryl/α,β-unsaturated/α-hetero) is 1. The topological polar surface area (TPSA) is 101 Å². The minimum atomic E-state index is -1.48. The maximum absolute atomic E-state index is 13.6. The normalized spacial score (nSPS) is 15.6. The number of carbonyl (C=O) groups excluding carboxylic acids is 2. The number of aliphatic carboxylic acids is 1. The molecule has 1 aliphatic rings. The van der Waals surface area contributed by atoms with Crippen molar-refractivity contribution in [3.8, 4) is 0 Å². The van der Waals surface area contributed by atoms with E-state index < -0.39 is 53.1 Å². The van der Waals surface area contributed by atoms with Gasteiger partial charge in [0.25, 0.3) is 11.7 Å². The molecule has 1 heterocycles. The molecule has 0 saturated heterocycles. The number of halogens is 2. The molecule has 1 unspecified atom stereocenters. The number of rotatable bonds is 3. The van der Waals surface area contributed by atoms with Crippen LogP contribution in [0.3, 0.4) is 0 Å². The monoisotopic (exact) mass is 270 g/mol. The molecule has 0 aromatic heterocycles. The molecule has 1 aromatic carbocycles. The van der Waals surface area contributed by atoms with E-state index in [1.807, 2.05) is 0 Å². The average Bonchev–Trinajstić information content (AvgIpc) is 2.54. The van der Waals surface area contributed by atoms with Crippen molar-refractivity contribution in [3.63, 3.8) is 0 Å². The molecule has 1 aliphatic heterocycles. The molecular weight excluding hydrogens is 262 g/mol. The van der Waals surface area contributed by atoms with Crippen molar-refractivity contribution >= 4 is 23.3 Å². The Morgan fingerprint density at radius 2 is 2.00 bits per heavy atom. The van der Waals surface area contributed by atoms with E-state index >= 15 is 0 Å². The van der Waals surface area contributed by atoms with Crippen LogP contribution in [0.15, 0.2) is 12.1 Å². The first-order valence-corrected chi connectivity index (χ1v) is 5.16. The predicted octanol–water partition coefficient (Wildman–Crippen LogP) is -0.0940. The molecule has 100 valence electrons. The summed E-state index contributed by atoms with van der Waals surface area (Å²) in [7, 11) is 0. The summed E-state index contributed by atoms with van der Waals surface area (Å²) in [6.07, 6.45) is 0. The van der Waals surface area contributed by atoms with Gasteiger partial charge in [0.05, 0.1) is 17.8 Å². The van der Waals surface area contributed by atoms with E-state index in [-0.39, 0.29) is 0 Å². The van der Waals surface area contributed by atoms with E-state index in [0.29, 0.717) is 11.0 Å². The van der Waals surface area contributed by atoms with Crippen molar-refractivity contribution in [2.45, 2.75) is 6.04 Å². The number of carboxylic acid groups (broad SMARTS) is 1. The second-order valence-electron chi connectivity index (χ2n) is 3.97. The van der Waals surface area contributed by atoms with Crippen LogP contribution in [-0.4, -0.2) is 35.4 Å². The Hall–Kier alpha value is -2.35. The summed E-state index contributed by atoms with van der Waals surface area (Å²) in [5.74, 6) is -5.74. The zero-order chi connectivity index (χ0) is 14.3. The third kappa shape index (κ3) is 2.06. The van der Waals surface area contributed by atoms with Crippen LogP contribution in [0.1, 0.15) is 10.4 Å². The van der Waals surface area contributed by atoms with Gasteiger partial charge >= 0.3 is 5.97 Å². The van der Waals surface area contributed by atoms with Crippen LogP contribution in [0.5, 0.6) is 0 Å². The highest BCUT2D eigenvalue weighted by Crippen LogP contribution is 2.32. The number of ketones is 1. The van der Waals surface area contributed by atoms with Gasteiger partial charge in [0.1, 0.15) is 11.9 Å². The highest BCUT2D eigenvalue weighted by Gasteiger charge is 2.40. The van der Waals surface area contributed by atoms with Crippen molar-refractivity contribution < 1.29 is 28.3 Å². The summed E-state index contributed by atoms with van der Waals surface area (Å²) < 4.78 is 26.6. The lowest BCUT2D eigenvalue weighted by atomic mass is 10.1. The Bertz CT molecular complexity index is 603. The van der Waals surface area contributed by atoms with Gasteiger partial charge in [-0.2, -0.15) is 0 Å². The first-order valence-electron chi connectivity index (χ1n) is 5.16. The number of nitrogens with zero attached hydrogens (tertiary/aromatic N) is 1. The Morgan fingerprint density at radius 3 is 2.58 bits per heavy atom. The summed E-state index contributed by atoms with van der Waals surface area (Å²) in [4.78, 5) is 34.4. The maximum Gasteiger partial charge on any atom is 0.322 e. The number of fused-ring (bicyclic) bond motifs is 1. The standard InChI is InChI=1S/C11H8F2N2O4/c12-4-1-5-8(6(13)2-4)15(10(17)9(5)16)3-7(14)11(18)19/h1-2,7H,3,14H2,(H,18,19). The number of nitrogens with two attached hydrogens (primary N) is 1. The van der Waals surface area contributed by atoms with Crippen LogP contribution in [0.2, 0.25) is 0 Å². The molecule has 6 nitrogen and oxygen atoms in total. The van der Waals surface area contributed by atoms with Crippen molar-refractivity contribution in [3.05, 3.63) is 29.3 Å². The molecule has 0 fully saturated rings. The van der Waals surface area contributed by atoms with Gasteiger partial charge in [-0.1, -0.05) is 0 Å². The van der Waals surface area contributed by atoms with Crippen LogP contribution in [0, 0.1) is 11.6 Å². The van der Waals surface area contributed by atoms with Crippen LogP contribution in [0.25, 0.3) is 0 Å². The molecule has 1 amide bonds. The van der Waals surface area contributed by atoms with E-state index in [0.717, 1.165) is 6.07 Å². The highest BCUT2D eigenvalue weighted by atomic mass is 19.1. The third-order valence-electron chi connectivity index (χ3n) is 2.68. The van der Waals surface area contributed by atoms with E-state index in [1.54, 1.807) is 0 Å². The zero-order valence-corrected chi connectivity index (χ0v) is 9.39. The quantitative estimate of drug-likeness (QED) is 0.747. The number of anilines is 1. The van der Waals surface area contributed by atoms with Crippen LogP contribution in [-0.2, 0) is 9.59 Å². The van der Waals surface area contributed by atoms with Crippen LogP contribution < -0.4 is 10.6 Å². The van der Waals surface area contributed by atoms with Gasteiger partial charge in [0.2, 0.25) is 0 Å². The highest BCUT2D eigenvalue weighted by molar-refractivity contribution is 6.52. The van der Waals surface area contributed by atoms with Gasteiger partial charge in [0.15, 0.2) is 5.82 Å². The number of benzene rings is 1. The van der Waals surface area contributed by atoms with Crippen LogP contribution in [0.4, 0.5) is 14.5 Å². The maximum atomic E-state index is 13.6.